The van der Waals surface area contributed by atoms with Crippen molar-refractivity contribution in [3.05, 3.63) is 36.9 Å². The van der Waals surface area contributed by atoms with Crippen LogP contribution in [0.15, 0.2) is 36.9 Å². The smallest absolute Gasteiger partial charge is 0.497 e. The van der Waals surface area contributed by atoms with Gasteiger partial charge in [-0.15, -0.1) is 0 Å². The Hall–Kier alpha value is -1.97. The molecule has 0 amide bonds. The summed E-state index contributed by atoms with van der Waals surface area (Å²) in [7, 11) is 1.57. The van der Waals surface area contributed by atoms with E-state index in [0.717, 1.165) is 0 Å². The van der Waals surface area contributed by atoms with E-state index in [-0.39, 0.29) is 0 Å². The summed E-state index contributed by atoms with van der Waals surface area (Å²) < 4.78 is 15.0. The third-order valence-corrected chi connectivity index (χ3v) is 2.10. The van der Waals surface area contributed by atoms with Gasteiger partial charge in [-0.05, 0) is 44.2 Å². The molecule has 0 bridgehead atoms. The highest BCUT2D eigenvalue weighted by Crippen LogP contribution is 2.18. The van der Waals surface area contributed by atoms with E-state index < -0.39 is 11.8 Å². The lowest BCUT2D eigenvalue weighted by Gasteiger charge is -2.19. The van der Waals surface area contributed by atoms with Gasteiger partial charge in [0.05, 0.1) is 7.11 Å². The van der Waals surface area contributed by atoms with E-state index in [1.165, 1.54) is 6.08 Å². The summed E-state index contributed by atoms with van der Waals surface area (Å²) in [4.78, 5) is 11.4. The third-order valence-electron chi connectivity index (χ3n) is 2.10. The zero-order valence-corrected chi connectivity index (χ0v) is 10.2. The molecular weight excluding hydrogens is 220 g/mol. The van der Waals surface area contributed by atoms with E-state index in [9.17, 15) is 4.79 Å². The van der Waals surface area contributed by atoms with Gasteiger partial charge < -0.3 is 14.2 Å². The molecule has 0 radical (unpaired) electrons. The van der Waals surface area contributed by atoms with Crippen LogP contribution in [-0.2, 0) is 4.74 Å². The first kappa shape index (κ1) is 13.1. The van der Waals surface area contributed by atoms with E-state index in [1.807, 2.05) is 0 Å². The fourth-order valence-corrected chi connectivity index (χ4v) is 1.02. The molecule has 0 fully saturated rings. The Kier molecular flexibility index (Phi) is 4.15. The van der Waals surface area contributed by atoms with Crippen molar-refractivity contribution in [1.29, 1.82) is 0 Å². The van der Waals surface area contributed by atoms with Crippen molar-refractivity contribution in [2.75, 3.05) is 7.11 Å². The Labute approximate surface area is 101 Å². The first-order valence-electron chi connectivity index (χ1n) is 5.15. The first-order valence-corrected chi connectivity index (χ1v) is 5.15. The molecule has 0 unspecified atom stereocenters. The SMILES string of the molecule is C=CC(C)(C)OC(=O)Oc1ccc(OC)cc1. The van der Waals surface area contributed by atoms with Crippen molar-refractivity contribution in [2.24, 2.45) is 0 Å². The van der Waals surface area contributed by atoms with Gasteiger partial charge in [0.2, 0.25) is 0 Å². The molecule has 4 nitrogen and oxygen atoms in total. The molecule has 92 valence electrons. The Balaban J connectivity index is 2.59. The van der Waals surface area contributed by atoms with Crippen molar-refractivity contribution < 1.29 is 19.0 Å². The third kappa shape index (κ3) is 4.18. The number of hydrogen-bond acceptors (Lipinski definition) is 4. The Bertz CT molecular complexity index is 392. The molecule has 0 atom stereocenters. The number of carbonyl (C=O) groups is 1. The van der Waals surface area contributed by atoms with Crippen LogP contribution in [0.5, 0.6) is 11.5 Å². The summed E-state index contributed by atoms with van der Waals surface area (Å²) >= 11 is 0. The molecule has 0 saturated carbocycles. The topological polar surface area (TPSA) is 44.8 Å². The fourth-order valence-electron chi connectivity index (χ4n) is 1.02. The van der Waals surface area contributed by atoms with Crippen molar-refractivity contribution in [1.82, 2.24) is 0 Å². The zero-order valence-electron chi connectivity index (χ0n) is 10.2. The fraction of sp³-hybridized carbons (Fsp3) is 0.308. The monoisotopic (exact) mass is 236 g/mol. The molecule has 1 aromatic carbocycles. The van der Waals surface area contributed by atoms with Crippen LogP contribution in [-0.4, -0.2) is 18.9 Å². The average molecular weight is 236 g/mol. The van der Waals surface area contributed by atoms with Gasteiger partial charge >= 0.3 is 6.16 Å². The van der Waals surface area contributed by atoms with Gasteiger partial charge in [0.1, 0.15) is 17.1 Å². The van der Waals surface area contributed by atoms with Crippen LogP contribution >= 0.6 is 0 Å². The summed E-state index contributed by atoms with van der Waals surface area (Å²) in [5.41, 5.74) is -0.746. The molecule has 0 saturated heterocycles. The lowest BCUT2D eigenvalue weighted by Crippen LogP contribution is -2.27. The number of rotatable bonds is 4. The minimum absolute atomic E-state index is 0.399. The summed E-state index contributed by atoms with van der Waals surface area (Å²) in [6, 6.07) is 6.64. The molecule has 0 aliphatic carbocycles. The van der Waals surface area contributed by atoms with Gasteiger partial charge in [-0.3, -0.25) is 0 Å². The summed E-state index contributed by atoms with van der Waals surface area (Å²) in [6.45, 7) is 7.00. The van der Waals surface area contributed by atoms with Crippen molar-refractivity contribution in [3.63, 3.8) is 0 Å². The van der Waals surface area contributed by atoms with Gasteiger partial charge in [-0.2, -0.15) is 0 Å². The summed E-state index contributed by atoms with van der Waals surface area (Å²) in [5.74, 6) is 1.09. The molecule has 0 aromatic heterocycles. The van der Waals surface area contributed by atoms with E-state index in [1.54, 1.807) is 45.2 Å². The second-order valence-electron chi connectivity index (χ2n) is 3.94. The number of ether oxygens (including phenoxy) is 3. The van der Waals surface area contributed by atoms with E-state index in [0.29, 0.717) is 11.5 Å². The van der Waals surface area contributed by atoms with E-state index in [2.05, 4.69) is 6.58 Å². The Morgan fingerprint density at radius 3 is 2.24 bits per heavy atom. The largest absolute Gasteiger partial charge is 0.514 e. The van der Waals surface area contributed by atoms with Gasteiger partial charge in [0.25, 0.3) is 0 Å². The maximum atomic E-state index is 11.4. The van der Waals surface area contributed by atoms with Gasteiger partial charge in [-0.1, -0.05) is 6.58 Å². The molecule has 17 heavy (non-hydrogen) atoms. The van der Waals surface area contributed by atoms with Crippen molar-refractivity contribution >= 4 is 6.16 Å². The zero-order chi connectivity index (χ0) is 12.9. The second kappa shape index (κ2) is 5.39. The molecule has 0 N–H and O–H groups in total. The number of carbonyl (C=O) groups excluding carboxylic acids is 1. The predicted molar refractivity (Wildman–Crippen MR) is 64.4 cm³/mol. The van der Waals surface area contributed by atoms with Gasteiger partial charge in [0.15, 0.2) is 0 Å². The van der Waals surface area contributed by atoms with Crippen molar-refractivity contribution in [3.8, 4) is 11.5 Å². The second-order valence-corrected chi connectivity index (χ2v) is 3.94. The minimum Gasteiger partial charge on any atom is -0.497 e. The molecule has 0 aliphatic rings. The van der Waals surface area contributed by atoms with Crippen LogP contribution in [0.2, 0.25) is 0 Å². The summed E-state index contributed by atoms with van der Waals surface area (Å²) in [5, 5.41) is 0. The Morgan fingerprint density at radius 2 is 1.76 bits per heavy atom. The minimum atomic E-state index is -0.764. The molecule has 0 heterocycles. The molecule has 1 rings (SSSR count). The van der Waals surface area contributed by atoms with Gasteiger partial charge in [0, 0.05) is 0 Å². The molecule has 1 aromatic rings. The first-order chi connectivity index (χ1) is 7.96. The predicted octanol–water partition coefficient (Wildman–Crippen LogP) is 3.18. The molecular formula is C13H16O4. The Morgan fingerprint density at radius 1 is 1.24 bits per heavy atom. The van der Waals surface area contributed by atoms with Crippen LogP contribution in [0.4, 0.5) is 4.79 Å². The van der Waals surface area contributed by atoms with E-state index >= 15 is 0 Å². The standard InChI is InChI=1S/C13H16O4/c1-5-13(2,3)17-12(14)16-11-8-6-10(15-4)7-9-11/h5-9H,1H2,2-4H3. The maximum absolute atomic E-state index is 11.4. The van der Waals surface area contributed by atoms with Crippen LogP contribution in [0.25, 0.3) is 0 Å². The summed E-state index contributed by atoms with van der Waals surface area (Å²) in [6.07, 6.45) is 0.766. The molecule has 0 spiro atoms. The molecule has 0 aliphatic heterocycles. The highest BCUT2D eigenvalue weighted by molar-refractivity contribution is 5.64. The van der Waals surface area contributed by atoms with Gasteiger partial charge in [-0.25, -0.2) is 4.79 Å². The maximum Gasteiger partial charge on any atom is 0.514 e. The molecule has 4 heteroatoms. The number of hydrogen-bond donors (Lipinski definition) is 0. The van der Waals surface area contributed by atoms with E-state index in [4.69, 9.17) is 14.2 Å². The highest BCUT2D eigenvalue weighted by atomic mass is 16.7. The van der Waals surface area contributed by atoms with Crippen LogP contribution in [0.3, 0.4) is 0 Å². The number of benzene rings is 1. The lowest BCUT2D eigenvalue weighted by atomic mass is 10.1. The van der Waals surface area contributed by atoms with Crippen LogP contribution in [0.1, 0.15) is 13.8 Å². The highest BCUT2D eigenvalue weighted by Gasteiger charge is 2.20. The number of methoxy groups -OCH3 is 1. The normalized spacial score (nSPS) is 10.5. The lowest BCUT2D eigenvalue weighted by molar-refractivity contribution is 0.0369. The van der Waals surface area contributed by atoms with Crippen LogP contribution in [0, 0.1) is 0 Å². The average Bonchev–Trinajstić information content (AvgIpc) is 2.29. The van der Waals surface area contributed by atoms with Crippen LogP contribution < -0.4 is 9.47 Å². The van der Waals surface area contributed by atoms with Crippen molar-refractivity contribution in [2.45, 2.75) is 19.4 Å². The quantitative estimate of drug-likeness (QED) is 0.457.